The van der Waals surface area contributed by atoms with Gasteiger partial charge in [-0.1, -0.05) is 251 Å². The van der Waals surface area contributed by atoms with Gasteiger partial charge in [-0.25, -0.2) is 0 Å². The minimum atomic E-state index is -1.55. The van der Waals surface area contributed by atoms with Crippen LogP contribution in [0, 0.1) is 0 Å². The minimum absolute atomic E-state index is 0.131. The van der Waals surface area contributed by atoms with E-state index in [0.29, 0.717) is 12.8 Å². The first-order chi connectivity index (χ1) is 29.8. The molecule has 364 valence electrons. The Morgan fingerprint density at radius 2 is 0.820 bits per heavy atom. The maximum Gasteiger partial charge on any atom is 0.220 e. The molecule has 0 saturated carbocycles. The van der Waals surface area contributed by atoms with Crippen LogP contribution in [0.25, 0.3) is 0 Å². The molecule has 0 radical (unpaired) electrons. The molecular formula is C52H103NO8. The maximum absolute atomic E-state index is 13.0. The Labute approximate surface area is 376 Å². The van der Waals surface area contributed by atoms with Crippen LogP contribution in [0.3, 0.4) is 0 Å². The number of unbranched alkanes of at least 4 members (excludes halogenated alkanes) is 36. The summed E-state index contributed by atoms with van der Waals surface area (Å²) in [5.74, 6) is -0.138. The van der Waals surface area contributed by atoms with Crippen LogP contribution in [0.1, 0.15) is 271 Å². The Bertz CT molecular complexity index is 924. The molecule has 1 amide bonds. The summed E-state index contributed by atoms with van der Waals surface area (Å²) in [6, 6.07) is -0.712. The molecule has 9 heteroatoms. The van der Waals surface area contributed by atoms with Crippen molar-refractivity contribution in [2.75, 3.05) is 13.2 Å². The maximum atomic E-state index is 13.0. The Hall–Kier alpha value is -0.810. The third-order valence-electron chi connectivity index (χ3n) is 13.2. The first-order valence-corrected chi connectivity index (χ1v) is 26.7. The molecule has 0 spiro atoms. The van der Waals surface area contributed by atoms with Crippen molar-refractivity contribution in [3.63, 3.8) is 0 Å². The van der Waals surface area contributed by atoms with E-state index in [0.717, 1.165) is 38.5 Å². The Morgan fingerprint density at radius 1 is 0.492 bits per heavy atom. The van der Waals surface area contributed by atoms with Gasteiger partial charge in [0.15, 0.2) is 6.29 Å². The number of rotatable bonds is 46. The van der Waals surface area contributed by atoms with E-state index in [1.165, 1.54) is 205 Å². The van der Waals surface area contributed by atoms with E-state index in [1.807, 2.05) is 0 Å². The molecule has 0 bridgehead atoms. The number of carbonyl (C=O) groups excluding carboxylic acids is 1. The first-order valence-electron chi connectivity index (χ1n) is 26.7. The Balaban J connectivity index is 2.17. The van der Waals surface area contributed by atoms with Crippen LogP contribution in [-0.4, -0.2) is 87.5 Å². The van der Waals surface area contributed by atoms with Gasteiger partial charge in [-0.15, -0.1) is 0 Å². The average Bonchev–Trinajstić information content (AvgIpc) is 3.26. The highest BCUT2D eigenvalue weighted by atomic mass is 16.7. The van der Waals surface area contributed by atoms with Crippen molar-refractivity contribution in [2.45, 2.75) is 314 Å². The third-order valence-corrected chi connectivity index (χ3v) is 13.2. The number of hydrogen-bond donors (Lipinski definition) is 6. The standard InChI is InChI=1S/C52H103NO8/c1-3-5-7-9-11-13-15-17-18-19-20-21-22-23-24-25-26-27-28-30-32-34-36-38-40-42-48(56)53-45(44-60-52-51(59)50(58)49(57)47(43-54)61-52)46(55)41-39-37-35-33-31-29-16-14-12-10-8-6-4-2/h45-47,49-52,54-55,57-59H,3-44H2,1-2H3,(H,53,56)/t45-,46+,47+,49+,50?,51?,52+/m0/s1. The van der Waals surface area contributed by atoms with E-state index in [-0.39, 0.29) is 12.5 Å². The van der Waals surface area contributed by atoms with Crippen molar-refractivity contribution in [3.05, 3.63) is 0 Å². The molecule has 2 unspecified atom stereocenters. The minimum Gasteiger partial charge on any atom is -0.394 e. The molecule has 0 aromatic heterocycles. The fourth-order valence-corrected chi connectivity index (χ4v) is 8.93. The number of amides is 1. The van der Waals surface area contributed by atoms with Crippen molar-refractivity contribution in [2.24, 2.45) is 0 Å². The molecule has 1 rings (SSSR count). The smallest absolute Gasteiger partial charge is 0.220 e. The highest BCUT2D eigenvalue weighted by Gasteiger charge is 2.44. The van der Waals surface area contributed by atoms with Crippen molar-refractivity contribution >= 4 is 5.91 Å². The summed E-state index contributed by atoms with van der Waals surface area (Å²) < 4.78 is 11.3. The van der Waals surface area contributed by atoms with Gasteiger partial charge in [0.25, 0.3) is 0 Å². The lowest BCUT2D eigenvalue weighted by atomic mass is 9.99. The van der Waals surface area contributed by atoms with Crippen molar-refractivity contribution in [1.82, 2.24) is 5.32 Å². The van der Waals surface area contributed by atoms with Gasteiger partial charge >= 0.3 is 0 Å². The van der Waals surface area contributed by atoms with Gasteiger partial charge in [0.2, 0.25) is 5.91 Å². The number of carbonyl (C=O) groups is 1. The normalized spacial score (nSPS) is 20.3. The van der Waals surface area contributed by atoms with Gasteiger partial charge in [0.1, 0.15) is 24.4 Å². The highest BCUT2D eigenvalue weighted by Crippen LogP contribution is 2.23. The lowest BCUT2D eigenvalue weighted by Crippen LogP contribution is -2.60. The summed E-state index contributed by atoms with van der Waals surface area (Å²) in [6.45, 7) is 3.86. The van der Waals surface area contributed by atoms with Gasteiger partial charge in [0.05, 0.1) is 25.4 Å². The molecule has 6 N–H and O–H groups in total. The second-order valence-corrected chi connectivity index (χ2v) is 19.0. The number of hydrogen-bond acceptors (Lipinski definition) is 8. The number of ether oxygens (including phenoxy) is 2. The summed E-state index contributed by atoms with van der Waals surface area (Å²) in [5.41, 5.74) is 0. The zero-order valence-electron chi connectivity index (χ0n) is 40.2. The largest absolute Gasteiger partial charge is 0.394 e. The third kappa shape index (κ3) is 33.3. The SMILES string of the molecule is CCCCCCCCCCCCCCCCCCCCCCCCCCCC(=O)N[C@@H](CO[C@@H]1O[C@H](CO)[C@@H](O)C(O)C1O)[C@H](O)CCCCCCCCCCCCCCC. The van der Waals surface area contributed by atoms with E-state index in [1.54, 1.807) is 0 Å². The van der Waals surface area contributed by atoms with Gasteiger partial charge in [-0.3, -0.25) is 4.79 Å². The summed E-state index contributed by atoms with van der Waals surface area (Å²) in [6.07, 6.45) is 42.7. The molecule has 0 aliphatic carbocycles. The number of nitrogens with one attached hydrogen (secondary N) is 1. The second kappa shape index (κ2) is 43.1. The first kappa shape index (κ1) is 58.2. The van der Waals surface area contributed by atoms with E-state index in [2.05, 4.69) is 19.2 Å². The molecule has 1 aliphatic heterocycles. The molecule has 1 aliphatic rings. The van der Waals surface area contributed by atoms with Crippen LogP contribution in [0.4, 0.5) is 0 Å². The fourth-order valence-electron chi connectivity index (χ4n) is 8.93. The van der Waals surface area contributed by atoms with Gasteiger partial charge < -0.3 is 40.3 Å². The molecule has 61 heavy (non-hydrogen) atoms. The predicted octanol–water partition coefficient (Wildman–Crippen LogP) is 12.3. The summed E-state index contributed by atoms with van der Waals surface area (Å²) in [7, 11) is 0. The summed E-state index contributed by atoms with van der Waals surface area (Å²) >= 11 is 0. The zero-order valence-corrected chi connectivity index (χ0v) is 40.2. The Morgan fingerprint density at radius 3 is 1.16 bits per heavy atom. The van der Waals surface area contributed by atoms with Gasteiger partial charge in [-0.05, 0) is 12.8 Å². The predicted molar refractivity (Wildman–Crippen MR) is 254 cm³/mol. The van der Waals surface area contributed by atoms with E-state index < -0.39 is 49.5 Å². The van der Waals surface area contributed by atoms with Crippen molar-refractivity contribution in [3.8, 4) is 0 Å². The van der Waals surface area contributed by atoms with Crippen LogP contribution >= 0.6 is 0 Å². The van der Waals surface area contributed by atoms with Crippen molar-refractivity contribution < 1.29 is 39.8 Å². The van der Waals surface area contributed by atoms with Gasteiger partial charge in [-0.2, -0.15) is 0 Å². The van der Waals surface area contributed by atoms with Gasteiger partial charge in [0, 0.05) is 6.42 Å². The molecule has 9 nitrogen and oxygen atoms in total. The molecule has 1 heterocycles. The topological polar surface area (TPSA) is 149 Å². The van der Waals surface area contributed by atoms with Crippen LogP contribution in [0.15, 0.2) is 0 Å². The fraction of sp³-hybridized carbons (Fsp3) is 0.981. The van der Waals surface area contributed by atoms with Crippen LogP contribution < -0.4 is 5.32 Å². The molecule has 0 aromatic rings. The lowest BCUT2D eigenvalue weighted by molar-refractivity contribution is -0.302. The van der Waals surface area contributed by atoms with Crippen LogP contribution in [-0.2, 0) is 14.3 Å². The molecule has 7 atom stereocenters. The van der Waals surface area contributed by atoms with E-state index in [4.69, 9.17) is 9.47 Å². The quantitative estimate of drug-likeness (QED) is 0.0331. The summed E-state index contributed by atoms with van der Waals surface area (Å²) in [5, 5.41) is 54.5. The monoisotopic (exact) mass is 870 g/mol. The molecule has 1 saturated heterocycles. The molecule has 1 fully saturated rings. The van der Waals surface area contributed by atoms with Crippen LogP contribution in [0.5, 0.6) is 0 Å². The highest BCUT2D eigenvalue weighted by molar-refractivity contribution is 5.76. The average molecular weight is 870 g/mol. The lowest BCUT2D eigenvalue weighted by Gasteiger charge is -2.40. The Kier molecular flexibility index (Phi) is 41.1. The van der Waals surface area contributed by atoms with E-state index >= 15 is 0 Å². The van der Waals surface area contributed by atoms with E-state index in [9.17, 15) is 30.3 Å². The number of aliphatic hydroxyl groups is 5. The second-order valence-electron chi connectivity index (χ2n) is 19.0. The molecular weight excluding hydrogens is 767 g/mol. The summed E-state index contributed by atoms with van der Waals surface area (Å²) in [4.78, 5) is 13.0. The van der Waals surface area contributed by atoms with Crippen LogP contribution in [0.2, 0.25) is 0 Å². The zero-order chi connectivity index (χ0) is 44.4. The number of aliphatic hydroxyl groups excluding tert-OH is 5. The molecule has 0 aromatic carbocycles. The van der Waals surface area contributed by atoms with Crippen molar-refractivity contribution in [1.29, 1.82) is 0 Å².